The van der Waals surface area contributed by atoms with E-state index in [0.717, 1.165) is 12.1 Å². The van der Waals surface area contributed by atoms with Gasteiger partial charge in [-0.3, -0.25) is 0 Å². The lowest BCUT2D eigenvalue weighted by Gasteiger charge is -2.20. The summed E-state index contributed by atoms with van der Waals surface area (Å²) in [6.07, 6.45) is -4.64. The van der Waals surface area contributed by atoms with Gasteiger partial charge in [-0.05, 0) is 43.5 Å². The van der Waals surface area contributed by atoms with Gasteiger partial charge >= 0.3 is 6.18 Å². The summed E-state index contributed by atoms with van der Waals surface area (Å²) in [5.74, 6) is -4.27. The van der Waals surface area contributed by atoms with E-state index in [0.29, 0.717) is 13.0 Å². The highest BCUT2D eigenvalue weighted by molar-refractivity contribution is 5.22. The van der Waals surface area contributed by atoms with Gasteiger partial charge in [0.05, 0.1) is 0 Å². The Morgan fingerprint density at radius 1 is 1.10 bits per heavy atom. The van der Waals surface area contributed by atoms with Crippen molar-refractivity contribution in [1.29, 1.82) is 0 Å². The standard InChI is InChI=1S/C14H17F6N/c1-2-6-21-12(4-3-5-14(18,19)20)9-7-10(15)13(17)11(16)8-9/h7-8,12,21H,2-6H2,1H3. The molecule has 0 bridgehead atoms. The second-order valence-corrected chi connectivity index (χ2v) is 4.81. The molecule has 7 heteroatoms. The van der Waals surface area contributed by atoms with Crippen molar-refractivity contribution in [2.45, 2.75) is 44.8 Å². The second kappa shape index (κ2) is 7.68. The van der Waals surface area contributed by atoms with E-state index in [4.69, 9.17) is 0 Å². The largest absolute Gasteiger partial charge is 0.389 e. The number of halogens is 6. The first-order valence-corrected chi connectivity index (χ1v) is 6.69. The topological polar surface area (TPSA) is 12.0 Å². The molecule has 1 rings (SSSR count). The molecule has 0 aromatic heterocycles. The lowest BCUT2D eigenvalue weighted by Crippen LogP contribution is -2.23. The molecule has 0 aliphatic heterocycles. The molecule has 0 saturated carbocycles. The molecule has 0 aliphatic carbocycles. The fraction of sp³-hybridized carbons (Fsp3) is 0.571. The molecule has 1 N–H and O–H groups in total. The number of nitrogens with one attached hydrogen (secondary N) is 1. The zero-order valence-electron chi connectivity index (χ0n) is 11.5. The molecule has 1 nitrogen and oxygen atoms in total. The van der Waals surface area contributed by atoms with Crippen LogP contribution < -0.4 is 5.32 Å². The van der Waals surface area contributed by atoms with Crippen molar-refractivity contribution in [3.8, 4) is 0 Å². The normalized spacial score (nSPS) is 13.5. The van der Waals surface area contributed by atoms with E-state index in [1.165, 1.54) is 0 Å². The summed E-state index contributed by atoms with van der Waals surface area (Å²) in [5, 5.41) is 2.92. The fourth-order valence-corrected chi connectivity index (χ4v) is 1.99. The summed E-state index contributed by atoms with van der Waals surface area (Å²) in [7, 11) is 0. The number of rotatable bonds is 7. The number of hydrogen-bond acceptors (Lipinski definition) is 1. The minimum absolute atomic E-state index is 0.0595. The Hall–Kier alpha value is -1.24. The Morgan fingerprint density at radius 3 is 2.14 bits per heavy atom. The smallest absolute Gasteiger partial charge is 0.310 e. The van der Waals surface area contributed by atoms with E-state index in [2.05, 4.69) is 5.32 Å². The predicted molar refractivity (Wildman–Crippen MR) is 67.3 cm³/mol. The number of benzene rings is 1. The molecular weight excluding hydrogens is 296 g/mol. The van der Waals surface area contributed by atoms with Gasteiger partial charge in [0, 0.05) is 12.5 Å². The zero-order valence-corrected chi connectivity index (χ0v) is 11.5. The molecule has 1 aromatic carbocycles. The molecule has 0 amide bonds. The molecule has 1 atom stereocenters. The van der Waals surface area contributed by atoms with Crippen molar-refractivity contribution in [2.75, 3.05) is 6.54 Å². The third-order valence-electron chi connectivity index (χ3n) is 3.00. The lowest BCUT2D eigenvalue weighted by atomic mass is 10.00. The van der Waals surface area contributed by atoms with Gasteiger partial charge in [0.1, 0.15) is 0 Å². The van der Waals surface area contributed by atoms with Crippen LogP contribution in [0.1, 0.15) is 44.2 Å². The molecule has 21 heavy (non-hydrogen) atoms. The van der Waals surface area contributed by atoms with Crippen LogP contribution in [-0.2, 0) is 0 Å². The summed E-state index contributed by atoms with van der Waals surface area (Å²) in [6.45, 7) is 2.34. The van der Waals surface area contributed by atoms with E-state index in [1.54, 1.807) is 0 Å². The molecule has 1 aromatic rings. The molecule has 0 spiro atoms. The third kappa shape index (κ3) is 5.95. The van der Waals surface area contributed by atoms with E-state index in [1.807, 2.05) is 6.92 Å². The van der Waals surface area contributed by atoms with Crippen LogP contribution in [0.2, 0.25) is 0 Å². The first-order valence-electron chi connectivity index (χ1n) is 6.69. The fourth-order valence-electron chi connectivity index (χ4n) is 1.99. The highest BCUT2D eigenvalue weighted by Gasteiger charge is 2.27. The van der Waals surface area contributed by atoms with Gasteiger partial charge in [0.25, 0.3) is 0 Å². The first-order chi connectivity index (χ1) is 9.74. The van der Waals surface area contributed by atoms with Crippen molar-refractivity contribution >= 4 is 0 Å². The molecule has 0 fully saturated rings. The maximum atomic E-state index is 13.2. The summed E-state index contributed by atoms with van der Waals surface area (Å²) in [6, 6.07) is 0.996. The summed E-state index contributed by atoms with van der Waals surface area (Å²) in [4.78, 5) is 0. The van der Waals surface area contributed by atoms with Gasteiger partial charge in [0.15, 0.2) is 17.5 Å². The van der Waals surface area contributed by atoms with Crippen LogP contribution >= 0.6 is 0 Å². The molecule has 0 heterocycles. The van der Waals surface area contributed by atoms with E-state index in [-0.39, 0.29) is 18.4 Å². The van der Waals surface area contributed by atoms with Crippen LogP contribution in [0.5, 0.6) is 0 Å². The SMILES string of the molecule is CCCNC(CCCC(F)(F)F)c1cc(F)c(F)c(F)c1. The maximum absolute atomic E-state index is 13.2. The lowest BCUT2D eigenvalue weighted by molar-refractivity contribution is -0.135. The molecule has 0 saturated heterocycles. The van der Waals surface area contributed by atoms with Gasteiger partial charge in [-0.1, -0.05) is 6.92 Å². The van der Waals surface area contributed by atoms with E-state index >= 15 is 0 Å². The van der Waals surface area contributed by atoms with Gasteiger partial charge in [-0.15, -0.1) is 0 Å². The average Bonchev–Trinajstić information content (AvgIpc) is 2.38. The number of alkyl halides is 3. The molecule has 120 valence electrons. The molecular formula is C14H17F6N. The Labute approximate surface area is 119 Å². The summed E-state index contributed by atoms with van der Waals surface area (Å²) < 4.78 is 75.8. The van der Waals surface area contributed by atoms with Crippen LogP contribution in [0.25, 0.3) is 0 Å². The predicted octanol–water partition coefficient (Wildman–Crippen LogP) is 4.88. The monoisotopic (exact) mass is 313 g/mol. The highest BCUT2D eigenvalue weighted by atomic mass is 19.4. The molecule has 0 aliphatic rings. The molecule has 1 unspecified atom stereocenters. The van der Waals surface area contributed by atoms with Gasteiger partial charge in [-0.25, -0.2) is 13.2 Å². The summed E-state index contributed by atoms with van der Waals surface area (Å²) in [5.41, 5.74) is 0.113. The first kappa shape index (κ1) is 17.8. The van der Waals surface area contributed by atoms with Crippen molar-refractivity contribution in [1.82, 2.24) is 5.32 Å². The number of hydrogen-bond donors (Lipinski definition) is 1. The highest BCUT2D eigenvalue weighted by Crippen LogP contribution is 2.27. The van der Waals surface area contributed by atoms with Crippen molar-refractivity contribution in [2.24, 2.45) is 0 Å². The minimum Gasteiger partial charge on any atom is -0.310 e. The third-order valence-corrected chi connectivity index (χ3v) is 3.00. The average molecular weight is 313 g/mol. The van der Waals surface area contributed by atoms with Crippen LogP contribution in [-0.4, -0.2) is 12.7 Å². The Bertz CT molecular complexity index is 434. The summed E-state index contributed by atoms with van der Waals surface area (Å²) >= 11 is 0. The second-order valence-electron chi connectivity index (χ2n) is 4.81. The molecule has 0 radical (unpaired) electrons. The maximum Gasteiger partial charge on any atom is 0.389 e. The van der Waals surface area contributed by atoms with Crippen LogP contribution in [0.4, 0.5) is 26.3 Å². The van der Waals surface area contributed by atoms with Crippen LogP contribution in [0.3, 0.4) is 0 Å². The van der Waals surface area contributed by atoms with E-state index in [9.17, 15) is 26.3 Å². The van der Waals surface area contributed by atoms with Crippen molar-refractivity contribution in [3.05, 3.63) is 35.1 Å². The Balaban J connectivity index is 2.81. The van der Waals surface area contributed by atoms with Crippen LogP contribution in [0, 0.1) is 17.5 Å². The van der Waals surface area contributed by atoms with Gasteiger partial charge in [-0.2, -0.15) is 13.2 Å². The van der Waals surface area contributed by atoms with Gasteiger partial charge < -0.3 is 5.32 Å². The van der Waals surface area contributed by atoms with Crippen molar-refractivity contribution in [3.63, 3.8) is 0 Å². The Kier molecular flexibility index (Phi) is 6.51. The minimum atomic E-state index is -4.27. The van der Waals surface area contributed by atoms with Crippen LogP contribution in [0.15, 0.2) is 12.1 Å². The van der Waals surface area contributed by atoms with E-state index < -0.39 is 36.1 Å². The quantitative estimate of drug-likeness (QED) is 0.559. The van der Waals surface area contributed by atoms with Gasteiger partial charge in [0.2, 0.25) is 0 Å². The Morgan fingerprint density at radius 2 is 1.67 bits per heavy atom. The zero-order chi connectivity index (χ0) is 16.0. The van der Waals surface area contributed by atoms with Crippen molar-refractivity contribution < 1.29 is 26.3 Å².